The number of ether oxygens (including phenoxy) is 2. The molecule has 1 unspecified atom stereocenters. The Morgan fingerprint density at radius 2 is 1.86 bits per heavy atom. The van der Waals surface area contributed by atoms with E-state index in [-0.39, 0.29) is 10.8 Å². The van der Waals surface area contributed by atoms with E-state index < -0.39 is 0 Å². The summed E-state index contributed by atoms with van der Waals surface area (Å²) in [6, 6.07) is 6.33. The Kier molecular flexibility index (Phi) is 4.70. The molecule has 7 heteroatoms. The lowest BCUT2D eigenvalue weighted by molar-refractivity contribution is 0.171. The number of H-pyrrole nitrogens is 1. The third kappa shape index (κ3) is 3.15. The highest BCUT2D eigenvalue weighted by atomic mass is 32.2. The fraction of sp³-hybridized carbons (Fsp3) is 0.524. The molecule has 0 saturated heterocycles. The molecule has 148 valence electrons. The van der Waals surface area contributed by atoms with E-state index in [4.69, 9.17) is 14.5 Å². The van der Waals surface area contributed by atoms with Gasteiger partial charge in [0.15, 0.2) is 17.3 Å². The van der Waals surface area contributed by atoms with Gasteiger partial charge in [0.1, 0.15) is 13.2 Å². The molecule has 1 saturated carbocycles. The monoisotopic (exact) mass is 399 g/mol. The molecular formula is C21H25N3O3S. The SMILES string of the molecule is CC1=Nc2c(c(=O)[nH]n2C2CCCCCC2)C(c2ccc3c(c2)OCCO3)S1. The summed E-state index contributed by atoms with van der Waals surface area (Å²) in [4.78, 5) is 17.8. The van der Waals surface area contributed by atoms with E-state index in [2.05, 4.69) is 9.78 Å². The van der Waals surface area contributed by atoms with Crippen molar-refractivity contribution in [3.05, 3.63) is 39.7 Å². The fourth-order valence-corrected chi connectivity index (χ4v) is 5.54. The average molecular weight is 400 g/mol. The largest absolute Gasteiger partial charge is 0.486 e. The molecule has 2 aliphatic heterocycles. The molecule has 6 nitrogen and oxygen atoms in total. The van der Waals surface area contributed by atoms with Gasteiger partial charge in [-0.05, 0) is 37.5 Å². The molecular weight excluding hydrogens is 374 g/mol. The molecule has 1 aromatic carbocycles. The minimum atomic E-state index is -0.0842. The van der Waals surface area contributed by atoms with Gasteiger partial charge in [-0.25, -0.2) is 4.99 Å². The molecule has 1 atom stereocenters. The second-order valence-corrected chi connectivity index (χ2v) is 9.02. The minimum Gasteiger partial charge on any atom is -0.486 e. The Hall–Kier alpha value is -2.15. The van der Waals surface area contributed by atoms with E-state index in [1.807, 2.05) is 25.1 Å². The first kappa shape index (κ1) is 17.9. The highest BCUT2D eigenvalue weighted by molar-refractivity contribution is 8.14. The summed E-state index contributed by atoms with van der Waals surface area (Å²) in [7, 11) is 0. The quantitative estimate of drug-likeness (QED) is 0.742. The van der Waals surface area contributed by atoms with Crippen molar-refractivity contribution in [1.82, 2.24) is 9.78 Å². The molecule has 28 heavy (non-hydrogen) atoms. The summed E-state index contributed by atoms with van der Waals surface area (Å²) < 4.78 is 13.5. The van der Waals surface area contributed by atoms with E-state index in [9.17, 15) is 4.79 Å². The molecule has 2 aromatic rings. The predicted octanol–water partition coefficient (Wildman–Crippen LogP) is 4.73. The van der Waals surface area contributed by atoms with Gasteiger partial charge < -0.3 is 9.47 Å². The Balaban J connectivity index is 1.57. The highest BCUT2D eigenvalue weighted by Gasteiger charge is 2.32. The Labute approximate surface area is 168 Å². The van der Waals surface area contributed by atoms with Crippen LogP contribution in [0.4, 0.5) is 5.82 Å². The number of hydrogen-bond donors (Lipinski definition) is 1. The van der Waals surface area contributed by atoms with E-state index in [0.29, 0.717) is 19.3 Å². The predicted molar refractivity (Wildman–Crippen MR) is 111 cm³/mol. The van der Waals surface area contributed by atoms with Gasteiger partial charge in [-0.3, -0.25) is 14.6 Å². The van der Waals surface area contributed by atoms with Gasteiger partial charge in [-0.2, -0.15) is 0 Å². The van der Waals surface area contributed by atoms with Crippen LogP contribution < -0.4 is 15.0 Å². The lowest BCUT2D eigenvalue weighted by atomic mass is 10.0. The normalized spacial score (nSPS) is 22.3. The van der Waals surface area contributed by atoms with Crippen LogP contribution in [0.15, 0.2) is 28.0 Å². The third-order valence-corrected chi connectivity index (χ3v) is 6.98. The number of aromatic nitrogens is 2. The molecule has 0 amide bonds. The molecule has 1 aliphatic carbocycles. The maximum atomic E-state index is 13.0. The van der Waals surface area contributed by atoms with Crippen molar-refractivity contribution in [2.75, 3.05) is 13.2 Å². The molecule has 3 aliphatic rings. The summed E-state index contributed by atoms with van der Waals surface area (Å²) in [5.41, 5.74) is 1.79. The highest BCUT2D eigenvalue weighted by Crippen LogP contribution is 2.46. The summed E-state index contributed by atoms with van der Waals surface area (Å²) in [6.07, 6.45) is 7.19. The molecule has 3 heterocycles. The second kappa shape index (κ2) is 7.35. The number of nitrogens with one attached hydrogen (secondary N) is 1. The van der Waals surface area contributed by atoms with Crippen LogP contribution in [-0.2, 0) is 0 Å². The first-order chi connectivity index (χ1) is 13.7. The number of thioether (sulfide) groups is 1. The van der Waals surface area contributed by atoms with Crippen LogP contribution in [0.1, 0.15) is 67.9 Å². The maximum absolute atomic E-state index is 13.0. The number of benzene rings is 1. The van der Waals surface area contributed by atoms with Crippen LogP contribution in [0, 0.1) is 0 Å². The van der Waals surface area contributed by atoms with Crippen molar-refractivity contribution in [1.29, 1.82) is 0 Å². The van der Waals surface area contributed by atoms with Gasteiger partial charge >= 0.3 is 0 Å². The summed E-state index contributed by atoms with van der Waals surface area (Å²) in [5.74, 6) is 2.34. The third-order valence-electron chi connectivity index (χ3n) is 5.81. The van der Waals surface area contributed by atoms with Crippen molar-refractivity contribution >= 4 is 22.6 Å². The van der Waals surface area contributed by atoms with Crippen molar-refractivity contribution in [2.45, 2.75) is 56.7 Å². The first-order valence-corrected chi connectivity index (χ1v) is 11.0. The Morgan fingerprint density at radius 3 is 2.64 bits per heavy atom. The van der Waals surface area contributed by atoms with Gasteiger partial charge in [-0.1, -0.05) is 43.5 Å². The Bertz CT molecular complexity index is 970. The first-order valence-electron chi connectivity index (χ1n) is 10.2. The van der Waals surface area contributed by atoms with Crippen LogP contribution in [0.5, 0.6) is 11.5 Å². The van der Waals surface area contributed by atoms with Crippen molar-refractivity contribution in [2.24, 2.45) is 4.99 Å². The number of fused-ring (bicyclic) bond motifs is 2. The molecule has 5 rings (SSSR count). The molecule has 0 spiro atoms. The van der Waals surface area contributed by atoms with Gasteiger partial charge in [0.25, 0.3) is 5.56 Å². The number of aliphatic imine (C=N–C) groups is 1. The summed E-state index contributed by atoms with van der Waals surface area (Å²) >= 11 is 1.63. The van der Waals surface area contributed by atoms with Gasteiger partial charge in [0.2, 0.25) is 0 Å². The van der Waals surface area contributed by atoms with Crippen LogP contribution in [0.2, 0.25) is 0 Å². The zero-order chi connectivity index (χ0) is 19.1. The minimum absolute atomic E-state index is 0.0251. The molecule has 1 N–H and O–H groups in total. The van der Waals surface area contributed by atoms with E-state index in [1.165, 1.54) is 25.7 Å². The zero-order valence-corrected chi connectivity index (χ0v) is 16.9. The van der Waals surface area contributed by atoms with Crippen molar-refractivity contribution in [3.8, 4) is 11.5 Å². The zero-order valence-electron chi connectivity index (χ0n) is 16.1. The van der Waals surface area contributed by atoms with E-state index >= 15 is 0 Å². The van der Waals surface area contributed by atoms with Crippen molar-refractivity contribution in [3.63, 3.8) is 0 Å². The van der Waals surface area contributed by atoms with E-state index in [0.717, 1.165) is 46.3 Å². The number of hydrogen-bond acceptors (Lipinski definition) is 5. The van der Waals surface area contributed by atoms with E-state index in [1.54, 1.807) is 11.8 Å². The topological polar surface area (TPSA) is 68.6 Å². The molecule has 1 aromatic heterocycles. The van der Waals surface area contributed by atoms with Crippen LogP contribution in [-0.4, -0.2) is 28.0 Å². The van der Waals surface area contributed by atoms with Gasteiger partial charge in [0.05, 0.1) is 21.9 Å². The second-order valence-electron chi connectivity index (χ2n) is 7.73. The maximum Gasteiger partial charge on any atom is 0.271 e. The van der Waals surface area contributed by atoms with Gasteiger partial charge in [-0.15, -0.1) is 0 Å². The van der Waals surface area contributed by atoms with Gasteiger partial charge in [0, 0.05) is 0 Å². The molecule has 0 radical (unpaired) electrons. The Morgan fingerprint density at radius 1 is 1.11 bits per heavy atom. The van der Waals surface area contributed by atoms with Crippen molar-refractivity contribution < 1.29 is 9.47 Å². The number of aromatic amines is 1. The molecule has 1 fully saturated rings. The van der Waals surface area contributed by atoms with Crippen LogP contribution >= 0.6 is 11.8 Å². The standard InChI is InChI=1S/C21H25N3O3S/c1-13-22-20-18(21(25)23-24(20)15-6-4-2-3-5-7-15)19(28-13)14-8-9-16-17(12-14)27-11-10-26-16/h8-9,12,15,19H,2-7,10-11H2,1H3,(H,23,25). The van der Waals surface area contributed by atoms with Crippen LogP contribution in [0.25, 0.3) is 0 Å². The van der Waals surface area contributed by atoms with Crippen LogP contribution in [0.3, 0.4) is 0 Å². The molecule has 0 bridgehead atoms. The lowest BCUT2D eigenvalue weighted by Gasteiger charge is -2.25. The average Bonchev–Trinajstić information content (AvgIpc) is 2.88. The number of nitrogens with zero attached hydrogens (tertiary/aromatic N) is 2. The lowest BCUT2D eigenvalue weighted by Crippen LogP contribution is -2.17. The fourth-order valence-electron chi connectivity index (χ4n) is 4.45. The number of rotatable bonds is 2. The summed E-state index contributed by atoms with van der Waals surface area (Å²) in [5, 5.41) is 4.02. The smallest absolute Gasteiger partial charge is 0.271 e. The summed E-state index contributed by atoms with van der Waals surface area (Å²) in [6.45, 7) is 3.15.